The van der Waals surface area contributed by atoms with E-state index in [-0.39, 0.29) is 12.5 Å². The van der Waals surface area contributed by atoms with Gasteiger partial charge < -0.3 is 15.0 Å². The van der Waals surface area contributed by atoms with Gasteiger partial charge in [-0.15, -0.1) is 0 Å². The quantitative estimate of drug-likeness (QED) is 0.927. The molecule has 0 atom stereocenters. The topological polar surface area (TPSA) is 41.6 Å². The van der Waals surface area contributed by atoms with E-state index in [2.05, 4.69) is 5.32 Å². The van der Waals surface area contributed by atoms with Crippen molar-refractivity contribution in [3.63, 3.8) is 0 Å². The van der Waals surface area contributed by atoms with Gasteiger partial charge in [-0.1, -0.05) is 29.3 Å². The van der Waals surface area contributed by atoms with Gasteiger partial charge in [0.1, 0.15) is 0 Å². The van der Waals surface area contributed by atoms with Gasteiger partial charge in [0, 0.05) is 26.2 Å². The molecule has 0 unspecified atom stereocenters. The summed E-state index contributed by atoms with van der Waals surface area (Å²) in [5.41, 5.74) is 0. The van der Waals surface area contributed by atoms with Gasteiger partial charge in [0.2, 0.25) is 5.91 Å². The van der Waals surface area contributed by atoms with E-state index in [0.717, 1.165) is 26.2 Å². The van der Waals surface area contributed by atoms with E-state index in [9.17, 15) is 4.79 Å². The second-order valence-corrected chi connectivity index (χ2v) is 5.09. The molecule has 0 aromatic heterocycles. The van der Waals surface area contributed by atoms with Gasteiger partial charge in [0.15, 0.2) is 5.75 Å². The third kappa shape index (κ3) is 4.00. The van der Waals surface area contributed by atoms with Crippen molar-refractivity contribution in [3.05, 3.63) is 28.2 Å². The molecule has 0 aliphatic carbocycles. The van der Waals surface area contributed by atoms with Crippen LogP contribution in [-0.4, -0.2) is 43.6 Å². The first kappa shape index (κ1) is 14.4. The molecule has 19 heavy (non-hydrogen) atoms. The predicted octanol–water partition coefficient (Wildman–Crippen LogP) is 2.19. The SMILES string of the molecule is O=C(CCOc1c(Cl)cccc1Cl)N1CCNCC1. The molecule has 1 aliphatic rings. The van der Waals surface area contributed by atoms with Gasteiger partial charge in [-0.05, 0) is 12.1 Å². The molecule has 0 spiro atoms. The number of piperazine rings is 1. The Morgan fingerprint density at radius 2 is 1.89 bits per heavy atom. The molecule has 1 aromatic carbocycles. The van der Waals surface area contributed by atoms with Crippen LogP contribution >= 0.6 is 23.2 Å². The van der Waals surface area contributed by atoms with Crippen molar-refractivity contribution in [1.29, 1.82) is 0 Å². The van der Waals surface area contributed by atoms with Gasteiger partial charge in [0.25, 0.3) is 0 Å². The fraction of sp³-hybridized carbons (Fsp3) is 0.462. The average Bonchev–Trinajstić information content (AvgIpc) is 2.43. The van der Waals surface area contributed by atoms with Gasteiger partial charge >= 0.3 is 0 Å². The number of hydrogen-bond donors (Lipinski definition) is 1. The van der Waals surface area contributed by atoms with E-state index in [0.29, 0.717) is 22.2 Å². The minimum atomic E-state index is 0.102. The fourth-order valence-electron chi connectivity index (χ4n) is 1.93. The van der Waals surface area contributed by atoms with E-state index < -0.39 is 0 Å². The lowest BCUT2D eigenvalue weighted by atomic mass is 10.3. The molecule has 4 nitrogen and oxygen atoms in total. The van der Waals surface area contributed by atoms with Crippen LogP contribution in [0.3, 0.4) is 0 Å². The molecule has 0 radical (unpaired) electrons. The zero-order valence-corrected chi connectivity index (χ0v) is 12.0. The summed E-state index contributed by atoms with van der Waals surface area (Å²) < 4.78 is 5.50. The maximum atomic E-state index is 11.9. The van der Waals surface area contributed by atoms with Crippen LogP contribution < -0.4 is 10.1 Å². The van der Waals surface area contributed by atoms with E-state index in [1.54, 1.807) is 18.2 Å². The Labute approximate surface area is 122 Å². The summed E-state index contributed by atoms with van der Waals surface area (Å²) in [7, 11) is 0. The van der Waals surface area contributed by atoms with Crippen LogP contribution in [-0.2, 0) is 4.79 Å². The van der Waals surface area contributed by atoms with Crippen molar-refractivity contribution < 1.29 is 9.53 Å². The lowest BCUT2D eigenvalue weighted by Gasteiger charge is -2.27. The molecule has 6 heteroatoms. The number of nitrogens with zero attached hydrogens (tertiary/aromatic N) is 1. The standard InChI is InChI=1S/C13H16Cl2N2O2/c14-10-2-1-3-11(15)13(10)19-9-4-12(18)17-7-5-16-6-8-17/h1-3,16H,4-9H2. The third-order valence-corrected chi connectivity index (χ3v) is 3.55. The van der Waals surface area contributed by atoms with Crippen LogP contribution in [0.25, 0.3) is 0 Å². The molecular formula is C13H16Cl2N2O2. The highest BCUT2D eigenvalue weighted by molar-refractivity contribution is 6.37. The summed E-state index contributed by atoms with van der Waals surface area (Å²) in [6, 6.07) is 5.17. The number of carbonyl (C=O) groups excluding carboxylic acids is 1. The number of halogens is 2. The van der Waals surface area contributed by atoms with Crippen molar-refractivity contribution in [3.8, 4) is 5.75 Å². The first-order chi connectivity index (χ1) is 9.18. The Balaban J connectivity index is 1.81. The highest BCUT2D eigenvalue weighted by atomic mass is 35.5. The number of hydrogen-bond acceptors (Lipinski definition) is 3. The van der Waals surface area contributed by atoms with Gasteiger partial charge in [-0.25, -0.2) is 0 Å². The van der Waals surface area contributed by atoms with Crippen LogP contribution in [0, 0.1) is 0 Å². The Morgan fingerprint density at radius 1 is 1.26 bits per heavy atom. The summed E-state index contributed by atoms with van der Waals surface area (Å²) in [5.74, 6) is 0.545. The van der Waals surface area contributed by atoms with E-state index in [1.165, 1.54) is 0 Å². The molecule has 1 heterocycles. The number of amides is 1. The summed E-state index contributed by atoms with van der Waals surface area (Å²) >= 11 is 12.0. The molecule has 0 saturated carbocycles. The number of ether oxygens (including phenoxy) is 1. The minimum Gasteiger partial charge on any atom is -0.490 e. The molecule has 1 aromatic rings. The van der Waals surface area contributed by atoms with Crippen LogP contribution in [0.15, 0.2) is 18.2 Å². The second-order valence-electron chi connectivity index (χ2n) is 4.28. The molecule has 0 bridgehead atoms. The summed E-state index contributed by atoms with van der Waals surface area (Å²) in [4.78, 5) is 13.8. The zero-order chi connectivity index (χ0) is 13.7. The van der Waals surface area contributed by atoms with Crippen LogP contribution in [0.5, 0.6) is 5.75 Å². The number of nitrogens with one attached hydrogen (secondary N) is 1. The van der Waals surface area contributed by atoms with Crippen LogP contribution in [0.4, 0.5) is 0 Å². The van der Waals surface area contributed by atoms with Gasteiger partial charge in [0.05, 0.1) is 23.1 Å². The Morgan fingerprint density at radius 3 is 2.53 bits per heavy atom. The number of rotatable bonds is 4. The van der Waals surface area contributed by atoms with Gasteiger partial charge in [-0.3, -0.25) is 4.79 Å². The molecular weight excluding hydrogens is 287 g/mol. The monoisotopic (exact) mass is 302 g/mol. The maximum Gasteiger partial charge on any atom is 0.226 e. The molecule has 1 saturated heterocycles. The summed E-state index contributed by atoms with van der Waals surface area (Å²) in [6.07, 6.45) is 0.335. The largest absolute Gasteiger partial charge is 0.490 e. The van der Waals surface area contributed by atoms with Crippen molar-refractivity contribution in [1.82, 2.24) is 10.2 Å². The second kappa shape index (κ2) is 6.98. The lowest BCUT2D eigenvalue weighted by Crippen LogP contribution is -2.46. The summed E-state index contributed by atoms with van der Waals surface area (Å²) in [5, 5.41) is 4.13. The average molecular weight is 303 g/mol. The van der Waals surface area contributed by atoms with Crippen LogP contribution in [0.1, 0.15) is 6.42 Å². The predicted molar refractivity (Wildman–Crippen MR) is 76.0 cm³/mol. The Hall–Kier alpha value is -0.970. The van der Waals surface area contributed by atoms with E-state index >= 15 is 0 Å². The van der Waals surface area contributed by atoms with Crippen molar-refractivity contribution in [2.24, 2.45) is 0 Å². The van der Waals surface area contributed by atoms with Crippen LogP contribution in [0.2, 0.25) is 10.0 Å². The first-order valence-electron chi connectivity index (χ1n) is 6.24. The highest BCUT2D eigenvalue weighted by Gasteiger charge is 2.16. The molecule has 1 aliphatic heterocycles. The maximum absolute atomic E-state index is 11.9. The normalized spacial score (nSPS) is 15.4. The van der Waals surface area contributed by atoms with Crippen molar-refractivity contribution in [2.45, 2.75) is 6.42 Å². The van der Waals surface area contributed by atoms with Crippen molar-refractivity contribution >= 4 is 29.1 Å². The first-order valence-corrected chi connectivity index (χ1v) is 6.99. The molecule has 1 amide bonds. The highest BCUT2D eigenvalue weighted by Crippen LogP contribution is 2.32. The van der Waals surface area contributed by atoms with Crippen molar-refractivity contribution in [2.75, 3.05) is 32.8 Å². The molecule has 2 rings (SSSR count). The number of para-hydroxylation sites is 1. The van der Waals surface area contributed by atoms with E-state index in [4.69, 9.17) is 27.9 Å². The molecule has 104 valence electrons. The van der Waals surface area contributed by atoms with E-state index in [1.807, 2.05) is 4.90 Å². The molecule has 1 fully saturated rings. The Kier molecular flexibility index (Phi) is 5.31. The summed E-state index contributed by atoms with van der Waals surface area (Å²) in [6.45, 7) is 3.50. The number of benzene rings is 1. The zero-order valence-electron chi connectivity index (χ0n) is 10.5. The van der Waals surface area contributed by atoms with Gasteiger partial charge in [-0.2, -0.15) is 0 Å². The number of carbonyl (C=O) groups is 1. The molecule has 1 N–H and O–H groups in total. The lowest BCUT2D eigenvalue weighted by molar-refractivity contribution is -0.132. The fourth-order valence-corrected chi connectivity index (χ4v) is 2.44. The smallest absolute Gasteiger partial charge is 0.226 e. The Bertz CT molecular complexity index is 428. The minimum absolute atomic E-state index is 0.102. The third-order valence-electron chi connectivity index (χ3n) is 2.95.